The molecule has 5 heteroatoms. The molecule has 18 heavy (non-hydrogen) atoms. The van der Waals surface area contributed by atoms with Gasteiger partial charge in [0.1, 0.15) is 5.75 Å². The first kappa shape index (κ1) is 14.0. The number of hydrogen-bond donors (Lipinski definition) is 2. The smallest absolute Gasteiger partial charge is 0.336 e. The van der Waals surface area contributed by atoms with Gasteiger partial charge in [0.2, 0.25) is 0 Å². The molecule has 0 fully saturated rings. The van der Waals surface area contributed by atoms with Crippen molar-refractivity contribution in [1.29, 1.82) is 0 Å². The van der Waals surface area contributed by atoms with Crippen LogP contribution in [0.5, 0.6) is 5.75 Å². The third-order valence-electron chi connectivity index (χ3n) is 2.64. The van der Waals surface area contributed by atoms with Crippen LogP contribution in [0.2, 0.25) is 0 Å². The van der Waals surface area contributed by atoms with Gasteiger partial charge in [-0.05, 0) is 23.1 Å². The summed E-state index contributed by atoms with van der Waals surface area (Å²) in [4.78, 5) is 22.6. The molecule has 0 aromatic heterocycles. The molecule has 0 bridgehead atoms. The Hall–Kier alpha value is -2.04. The van der Waals surface area contributed by atoms with Gasteiger partial charge in [0, 0.05) is 0 Å². The molecular weight excluding hydrogens is 234 g/mol. The maximum atomic E-state index is 11.3. The van der Waals surface area contributed by atoms with Crippen molar-refractivity contribution in [3.8, 4) is 5.75 Å². The van der Waals surface area contributed by atoms with Gasteiger partial charge < -0.3 is 15.6 Å². The third kappa shape index (κ3) is 2.61. The number of amides is 1. The van der Waals surface area contributed by atoms with E-state index in [1.54, 1.807) is 0 Å². The van der Waals surface area contributed by atoms with Crippen molar-refractivity contribution in [2.45, 2.75) is 26.2 Å². The number of hydrogen-bond acceptors (Lipinski definition) is 3. The molecular formula is C13H17NO4. The molecule has 1 amide bonds. The summed E-state index contributed by atoms with van der Waals surface area (Å²) in [6.45, 7) is 5.60. The second-order valence-electron chi connectivity index (χ2n) is 5.02. The molecule has 0 unspecified atom stereocenters. The fourth-order valence-corrected chi connectivity index (χ4v) is 1.74. The van der Waals surface area contributed by atoms with Crippen molar-refractivity contribution >= 4 is 11.9 Å². The van der Waals surface area contributed by atoms with E-state index in [1.165, 1.54) is 19.2 Å². The number of benzene rings is 1. The Balaban J connectivity index is 3.63. The van der Waals surface area contributed by atoms with Crippen LogP contribution in [-0.2, 0) is 5.41 Å². The zero-order valence-electron chi connectivity index (χ0n) is 10.9. The van der Waals surface area contributed by atoms with Gasteiger partial charge in [0.15, 0.2) is 0 Å². The van der Waals surface area contributed by atoms with Crippen LogP contribution in [-0.4, -0.2) is 24.1 Å². The van der Waals surface area contributed by atoms with E-state index >= 15 is 0 Å². The average Bonchev–Trinajstić information content (AvgIpc) is 2.25. The first-order valence-electron chi connectivity index (χ1n) is 5.44. The molecule has 0 saturated heterocycles. The van der Waals surface area contributed by atoms with E-state index in [4.69, 9.17) is 10.5 Å². The summed E-state index contributed by atoms with van der Waals surface area (Å²) in [6.07, 6.45) is 0. The van der Waals surface area contributed by atoms with E-state index in [0.29, 0.717) is 5.56 Å². The summed E-state index contributed by atoms with van der Waals surface area (Å²) in [5.74, 6) is -1.53. The van der Waals surface area contributed by atoms with Gasteiger partial charge in [0.25, 0.3) is 5.91 Å². The van der Waals surface area contributed by atoms with Crippen molar-refractivity contribution < 1.29 is 19.4 Å². The Labute approximate surface area is 106 Å². The van der Waals surface area contributed by atoms with E-state index < -0.39 is 17.3 Å². The van der Waals surface area contributed by atoms with Crippen LogP contribution in [0.25, 0.3) is 0 Å². The quantitative estimate of drug-likeness (QED) is 0.857. The van der Waals surface area contributed by atoms with E-state index in [0.717, 1.165) is 0 Å². The van der Waals surface area contributed by atoms with Crippen LogP contribution in [0.15, 0.2) is 12.1 Å². The number of aromatic carboxylic acids is 1. The highest BCUT2D eigenvalue weighted by Crippen LogP contribution is 2.31. The Bertz CT molecular complexity index is 500. The minimum Gasteiger partial charge on any atom is -0.496 e. The summed E-state index contributed by atoms with van der Waals surface area (Å²) >= 11 is 0. The van der Waals surface area contributed by atoms with Crippen LogP contribution >= 0.6 is 0 Å². The predicted octanol–water partition coefficient (Wildman–Crippen LogP) is 1.79. The molecule has 0 heterocycles. The highest BCUT2D eigenvalue weighted by Gasteiger charge is 2.25. The molecule has 0 saturated carbocycles. The molecule has 0 aliphatic rings. The summed E-state index contributed by atoms with van der Waals surface area (Å²) in [6, 6.07) is 2.83. The van der Waals surface area contributed by atoms with Crippen molar-refractivity contribution in [3.63, 3.8) is 0 Å². The summed E-state index contributed by atoms with van der Waals surface area (Å²) in [5, 5.41) is 9.21. The lowest BCUT2D eigenvalue weighted by atomic mass is 9.82. The van der Waals surface area contributed by atoms with E-state index in [9.17, 15) is 14.7 Å². The third-order valence-corrected chi connectivity index (χ3v) is 2.64. The number of primary amides is 1. The van der Waals surface area contributed by atoms with Gasteiger partial charge in [-0.25, -0.2) is 4.79 Å². The fourth-order valence-electron chi connectivity index (χ4n) is 1.74. The molecule has 5 nitrogen and oxygen atoms in total. The molecule has 0 aliphatic carbocycles. The van der Waals surface area contributed by atoms with Crippen LogP contribution in [0.4, 0.5) is 0 Å². The maximum Gasteiger partial charge on any atom is 0.336 e. The van der Waals surface area contributed by atoms with Crippen LogP contribution < -0.4 is 10.5 Å². The number of nitrogens with two attached hydrogens (primary N) is 1. The minimum absolute atomic E-state index is 0.115. The molecule has 1 aromatic rings. The topological polar surface area (TPSA) is 89.6 Å². The van der Waals surface area contributed by atoms with Gasteiger partial charge in [-0.1, -0.05) is 20.8 Å². The molecule has 1 rings (SSSR count). The number of methoxy groups -OCH3 is 1. The normalized spacial score (nSPS) is 11.1. The number of ether oxygens (including phenoxy) is 1. The molecule has 0 spiro atoms. The van der Waals surface area contributed by atoms with E-state index in [-0.39, 0.29) is 16.9 Å². The number of carbonyl (C=O) groups excluding carboxylic acids is 1. The van der Waals surface area contributed by atoms with Crippen LogP contribution in [0.3, 0.4) is 0 Å². The Kier molecular flexibility index (Phi) is 3.65. The first-order chi connectivity index (χ1) is 8.18. The van der Waals surface area contributed by atoms with Gasteiger partial charge in [0.05, 0.1) is 18.2 Å². The monoisotopic (exact) mass is 251 g/mol. The maximum absolute atomic E-state index is 11.3. The Morgan fingerprint density at radius 3 is 2.11 bits per heavy atom. The van der Waals surface area contributed by atoms with Gasteiger partial charge in [-0.2, -0.15) is 0 Å². The largest absolute Gasteiger partial charge is 0.496 e. The summed E-state index contributed by atoms with van der Waals surface area (Å²) in [5.41, 5.74) is 5.70. The van der Waals surface area contributed by atoms with Crippen LogP contribution in [0, 0.1) is 0 Å². The van der Waals surface area contributed by atoms with Crippen molar-refractivity contribution in [1.82, 2.24) is 0 Å². The highest BCUT2D eigenvalue weighted by molar-refractivity contribution is 5.99. The van der Waals surface area contributed by atoms with Crippen LogP contribution in [0.1, 0.15) is 47.1 Å². The van der Waals surface area contributed by atoms with E-state index in [2.05, 4.69) is 0 Å². The molecule has 0 radical (unpaired) electrons. The van der Waals surface area contributed by atoms with Crippen molar-refractivity contribution in [2.24, 2.45) is 5.73 Å². The summed E-state index contributed by atoms with van der Waals surface area (Å²) in [7, 11) is 1.37. The lowest BCUT2D eigenvalue weighted by molar-refractivity contribution is 0.0693. The average molecular weight is 251 g/mol. The lowest BCUT2D eigenvalue weighted by Gasteiger charge is -2.23. The minimum atomic E-state index is -1.06. The SMILES string of the molecule is COc1cc(C(=O)O)c(C(C)(C)C)cc1C(N)=O. The number of carbonyl (C=O) groups is 2. The molecule has 1 aromatic carbocycles. The molecule has 0 atom stereocenters. The van der Waals surface area contributed by atoms with Crippen molar-refractivity contribution in [2.75, 3.05) is 7.11 Å². The lowest BCUT2D eigenvalue weighted by Crippen LogP contribution is -2.20. The Morgan fingerprint density at radius 2 is 1.78 bits per heavy atom. The predicted molar refractivity (Wildman–Crippen MR) is 67.2 cm³/mol. The summed E-state index contributed by atoms with van der Waals surface area (Å²) < 4.78 is 5.00. The second kappa shape index (κ2) is 4.68. The number of carboxylic acid groups (broad SMARTS) is 1. The standard InChI is InChI=1S/C13H17NO4/c1-13(2,3)9-5-8(11(14)15)10(18-4)6-7(9)12(16)17/h5-6H,1-4H3,(H2,14,15)(H,16,17). The first-order valence-corrected chi connectivity index (χ1v) is 5.44. The van der Waals surface area contributed by atoms with Gasteiger partial charge >= 0.3 is 5.97 Å². The number of carboxylic acids is 1. The second-order valence-corrected chi connectivity index (χ2v) is 5.02. The zero-order chi connectivity index (χ0) is 14.1. The Morgan fingerprint density at radius 1 is 1.22 bits per heavy atom. The zero-order valence-corrected chi connectivity index (χ0v) is 10.9. The fraction of sp³-hybridized carbons (Fsp3) is 0.385. The van der Waals surface area contributed by atoms with Gasteiger partial charge in [-0.3, -0.25) is 4.79 Å². The molecule has 3 N–H and O–H groups in total. The van der Waals surface area contributed by atoms with Crippen molar-refractivity contribution in [3.05, 3.63) is 28.8 Å². The van der Waals surface area contributed by atoms with E-state index in [1.807, 2.05) is 20.8 Å². The van der Waals surface area contributed by atoms with Gasteiger partial charge in [-0.15, -0.1) is 0 Å². The molecule has 98 valence electrons. The number of rotatable bonds is 3. The highest BCUT2D eigenvalue weighted by atomic mass is 16.5. The molecule has 0 aliphatic heterocycles.